The van der Waals surface area contributed by atoms with Crippen molar-refractivity contribution in [3.05, 3.63) is 0 Å². The summed E-state index contributed by atoms with van der Waals surface area (Å²) >= 11 is 0. The van der Waals surface area contributed by atoms with Gasteiger partial charge in [0.05, 0.1) is 6.26 Å². The molecule has 0 aromatic carbocycles. The molecule has 0 aliphatic rings. The fourth-order valence-electron chi connectivity index (χ4n) is 0.658. The fraction of sp³-hybridized carbons (Fsp3) is 1.00. The molecular formula is C6H16N2O2S. The summed E-state index contributed by atoms with van der Waals surface area (Å²) in [5.74, 6) is 0.171. The number of nitrogens with two attached hydrogens (primary N) is 1. The van der Waals surface area contributed by atoms with Crippen molar-refractivity contribution in [1.29, 1.82) is 0 Å². The highest BCUT2D eigenvalue weighted by molar-refractivity contribution is 7.88. The average molecular weight is 180 g/mol. The lowest BCUT2D eigenvalue weighted by Gasteiger charge is -2.17. The summed E-state index contributed by atoms with van der Waals surface area (Å²) in [5.41, 5.74) is 5.36. The Bertz CT molecular complexity index is 201. The summed E-state index contributed by atoms with van der Waals surface area (Å²) in [4.78, 5) is 0. The number of rotatable bonds is 4. The van der Waals surface area contributed by atoms with Crippen molar-refractivity contribution in [3.63, 3.8) is 0 Å². The van der Waals surface area contributed by atoms with Crippen LogP contribution < -0.4 is 10.5 Å². The molecule has 0 radical (unpaired) electrons. The molecule has 0 saturated carbocycles. The SMILES string of the molecule is CC(CN)C(C)NS(C)(=O)=O. The topological polar surface area (TPSA) is 72.2 Å². The first-order chi connectivity index (χ1) is 4.87. The molecule has 0 heterocycles. The van der Waals surface area contributed by atoms with Gasteiger partial charge in [-0.1, -0.05) is 6.92 Å². The van der Waals surface area contributed by atoms with Gasteiger partial charge >= 0.3 is 0 Å². The van der Waals surface area contributed by atoms with Gasteiger partial charge in [0.1, 0.15) is 0 Å². The molecule has 0 aromatic heterocycles. The first-order valence-electron chi connectivity index (χ1n) is 3.54. The van der Waals surface area contributed by atoms with E-state index in [0.29, 0.717) is 6.54 Å². The van der Waals surface area contributed by atoms with Crippen molar-refractivity contribution in [1.82, 2.24) is 4.72 Å². The van der Waals surface area contributed by atoms with Crippen LogP contribution >= 0.6 is 0 Å². The monoisotopic (exact) mass is 180 g/mol. The van der Waals surface area contributed by atoms with E-state index in [4.69, 9.17) is 5.73 Å². The Morgan fingerprint density at radius 2 is 1.91 bits per heavy atom. The van der Waals surface area contributed by atoms with Gasteiger partial charge in [-0.3, -0.25) is 0 Å². The Morgan fingerprint density at radius 1 is 1.45 bits per heavy atom. The van der Waals surface area contributed by atoms with E-state index in [-0.39, 0.29) is 12.0 Å². The average Bonchev–Trinajstić information content (AvgIpc) is 1.82. The van der Waals surface area contributed by atoms with Crippen LogP contribution in [0.4, 0.5) is 0 Å². The van der Waals surface area contributed by atoms with E-state index >= 15 is 0 Å². The first-order valence-corrected chi connectivity index (χ1v) is 5.43. The van der Waals surface area contributed by atoms with Gasteiger partial charge in [0, 0.05) is 6.04 Å². The van der Waals surface area contributed by atoms with Gasteiger partial charge in [-0.15, -0.1) is 0 Å². The highest BCUT2D eigenvalue weighted by Crippen LogP contribution is 2.00. The molecule has 0 rings (SSSR count). The normalized spacial score (nSPS) is 17.8. The third-order valence-corrected chi connectivity index (χ3v) is 2.43. The van der Waals surface area contributed by atoms with Crippen LogP contribution in [0.5, 0.6) is 0 Å². The molecule has 5 heteroatoms. The van der Waals surface area contributed by atoms with Crippen LogP contribution in [-0.4, -0.2) is 27.3 Å². The predicted molar refractivity (Wildman–Crippen MR) is 45.7 cm³/mol. The largest absolute Gasteiger partial charge is 0.330 e. The van der Waals surface area contributed by atoms with Gasteiger partial charge in [-0.05, 0) is 19.4 Å². The third-order valence-electron chi connectivity index (χ3n) is 1.63. The molecule has 0 aliphatic heterocycles. The summed E-state index contributed by atoms with van der Waals surface area (Å²) in [6, 6.07) is -0.0880. The van der Waals surface area contributed by atoms with E-state index < -0.39 is 10.0 Å². The maximum Gasteiger partial charge on any atom is 0.208 e. The second kappa shape index (κ2) is 4.04. The lowest BCUT2D eigenvalue weighted by Crippen LogP contribution is -2.39. The second-order valence-electron chi connectivity index (χ2n) is 2.89. The third kappa shape index (κ3) is 5.17. The Hall–Kier alpha value is -0.130. The number of hydrogen-bond donors (Lipinski definition) is 2. The molecule has 0 aliphatic carbocycles. The van der Waals surface area contributed by atoms with E-state index in [9.17, 15) is 8.42 Å². The molecule has 2 atom stereocenters. The van der Waals surface area contributed by atoms with E-state index in [2.05, 4.69) is 4.72 Å². The zero-order valence-electron chi connectivity index (χ0n) is 7.16. The maximum absolute atomic E-state index is 10.7. The summed E-state index contributed by atoms with van der Waals surface area (Å²) in [6.45, 7) is 4.20. The quantitative estimate of drug-likeness (QED) is 0.613. The predicted octanol–water partition coefficient (Wildman–Crippen LogP) is -0.481. The second-order valence-corrected chi connectivity index (χ2v) is 4.67. The van der Waals surface area contributed by atoms with Crippen molar-refractivity contribution in [2.24, 2.45) is 11.7 Å². The maximum atomic E-state index is 10.7. The summed E-state index contributed by atoms with van der Waals surface area (Å²) in [6.07, 6.45) is 1.15. The Morgan fingerprint density at radius 3 is 2.18 bits per heavy atom. The Balaban J connectivity index is 3.98. The Kier molecular flexibility index (Phi) is 3.99. The molecule has 11 heavy (non-hydrogen) atoms. The number of sulfonamides is 1. The molecule has 0 amide bonds. The smallest absolute Gasteiger partial charge is 0.208 e. The molecule has 2 unspecified atom stereocenters. The lowest BCUT2D eigenvalue weighted by atomic mass is 10.1. The molecule has 4 nitrogen and oxygen atoms in total. The number of hydrogen-bond acceptors (Lipinski definition) is 3. The molecule has 0 fully saturated rings. The van der Waals surface area contributed by atoms with Crippen LogP contribution in [0.1, 0.15) is 13.8 Å². The van der Waals surface area contributed by atoms with Gasteiger partial charge in [0.25, 0.3) is 0 Å². The van der Waals surface area contributed by atoms with E-state index in [1.54, 1.807) is 6.92 Å². The Labute approximate surface area is 68.2 Å². The lowest BCUT2D eigenvalue weighted by molar-refractivity contribution is 0.455. The molecule has 3 N–H and O–H groups in total. The fourth-order valence-corrected chi connectivity index (χ4v) is 1.57. The van der Waals surface area contributed by atoms with Crippen LogP contribution in [0.15, 0.2) is 0 Å². The summed E-state index contributed by atoms with van der Waals surface area (Å²) < 4.78 is 23.9. The van der Waals surface area contributed by atoms with E-state index in [1.165, 1.54) is 0 Å². The van der Waals surface area contributed by atoms with Crippen molar-refractivity contribution < 1.29 is 8.42 Å². The van der Waals surface area contributed by atoms with Crippen LogP contribution in [-0.2, 0) is 10.0 Å². The van der Waals surface area contributed by atoms with Crippen LogP contribution in [0.2, 0.25) is 0 Å². The number of nitrogens with one attached hydrogen (secondary N) is 1. The van der Waals surface area contributed by atoms with Gasteiger partial charge < -0.3 is 5.73 Å². The highest BCUT2D eigenvalue weighted by atomic mass is 32.2. The van der Waals surface area contributed by atoms with E-state index in [0.717, 1.165) is 6.26 Å². The van der Waals surface area contributed by atoms with Crippen molar-refractivity contribution in [2.75, 3.05) is 12.8 Å². The summed E-state index contributed by atoms with van der Waals surface area (Å²) in [5, 5.41) is 0. The van der Waals surface area contributed by atoms with Crippen LogP contribution in [0, 0.1) is 5.92 Å². The van der Waals surface area contributed by atoms with Crippen LogP contribution in [0.25, 0.3) is 0 Å². The van der Waals surface area contributed by atoms with Gasteiger partial charge in [-0.25, -0.2) is 13.1 Å². The molecule has 0 aromatic rings. The minimum atomic E-state index is -3.08. The molecular weight excluding hydrogens is 164 g/mol. The first kappa shape index (κ1) is 10.9. The molecule has 0 bridgehead atoms. The van der Waals surface area contributed by atoms with Gasteiger partial charge in [0.2, 0.25) is 10.0 Å². The van der Waals surface area contributed by atoms with Gasteiger partial charge in [-0.2, -0.15) is 0 Å². The van der Waals surface area contributed by atoms with Crippen molar-refractivity contribution in [2.45, 2.75) is 19.9 Å². The van der Waals surface area contributed by atoms with Gasteiger partial charge in [0.15, 0.2) is 0 Å². The zero-order valence-corrected chi connectivity index (χ0v) is 7.98. The van der Waals surface area contributed by atoms with Crippen molar-refractivity contribution >= 4 is 10.0 Å². The molecule has 68 valence electrons. The highest BCUT2D eigenvalue weighted by Gasteiger charge is 2.13. The zero-order chi connectivity index (χ0) is 9.07. The molecule has 0 spiro atoms. The minimum Gasteiger partial charge on any atom is -0.330 e. The standard InChI is InChI=1S/C6H16N2O2S/c1-5(4-7)6(2)8-11(3,9)10/h5-6,8H,4,7H2,1-3H3. The van der Waals surface area contributed by atoms with Crippen LogP contribution in [0.3, 0.4) is 0 Å². The van der Waals surface area contributed by atoms with Crippen molar-refractivity contribution in [3.8, 4) is 0 Å². The van der Waals surface area contributed by atoms with E-state index in [1.807, 2.05) is 6.92 Å². The minimum absolute atomic E-state index is 0.0880. The molecule has 0 saturated heterocycles. The summed E-state index contributed by atoms with van der Waals surface area (Å²) in [7, 11) is -3.08.